The molecule has 8 nitrogen and oxygen atoms in total. The number of H-pyrrole nitrogens is 1. The second kappa shape index (κ2) is 8.11. The van der Waals surface area contributed by atoms with Gasteiger partial charge >= 0.3 is 0 Å². The molecule has 0 aliphatic heterocycles. The number of carbonyl (C=O) groups is 1. The number of nitrogens with zero attached hydrogens (tertiary/aromatic N) is 4. The van der Waals surface area contributed by atoms with Crippen LogP contribution in [0, 0.1) is 6.92 Å². The summed E-state index contributed by atoms with van der Waals surface area (Å²) in [5.41, 5.74) is 12.6. The van der Waals surface area contributed by atoms with E-state index in [1.54, 1.807) is 6.21 Å². The maximum atomic E-state index is 13.4. The van der Waals surface area contributed by atoms with Crippen LogP contribution in [0.2, 0.25) is 0 Å². The number of rotatable bonds is 4. The van der Waals surface area contributed by atoms with Gasteiger partial charge in [-0.2, -0.15) is 9.78 Å². The van der Waals surface area contributed by atoms with Crippen molar-refractivity contribution in [2.75, 3.05) is 11.1 Å². The molecule has 0 saturated heterocycles. The van der Waals surface area contributed by atoms with Gasteiger partial charge in [0.2, 0.25) is 0 Å². The van der Waals surface area contributed by atoms with Crippen LogP contribution >= 0.6 is 0 Å². The average molecular weight is 460 g/mol. The van der Waals surface area contributed by atoms with Crippen LogP contribution in [0.4, 0.5) is 11.5 Å². The maximum absolute atomic E-state index is 13.4. The number of nitrogens with two attached hydrogens (primary N) is 1. The molecule has 3 aromatic carbocycles. The lowest BCUT2D eigenvalue weighted by Crippen LogP contribution is -2.14. The number of aromatic amines is 1. The van der Waals surface area contributed by atoms with Gasteiger partial charge in [-0.25, -0.2) is 9.97 Å². The van der Waals surface area contributed by atoms with Gasteiger partial charge in [0.05, 0.1) is 17.2 Å². The smallest absolute Gasteiger partial charge is 0.261 e. The Morgan fingerprint density at radius 3 is 2.51 bits per heavy atom. The molecule has 3 aromatic heterocycles. The fourth-order valence-corrected chi connectivity index (χ4v) is 4.14. The van der Waals surface area contributed by atoms with E-state index in [0.29, 0.717) is 27.9 Å². The largest absolute Gasteiger partial charge is 0.383 e. The van der Waals surface area contributed by atoms with Crippen molar-refractivity contribution in [2.24, 2.45) is 5.10 Å². The van der Waals surface area contributed by atoms with E-state index in [1.807, 2.05) is 85.9 Å². The molecule has 3 heterocycles. The fourth-order valence-electron chi connectivity index (χ4n) is 4.14. The lowest BCUT2D eigenvalue weighted by molar-refractivity contribution is 0.102. The van der Waals surface area contributed by atoms with Gasteiger partial charge < -0.3 is 16.0 Å². The van der Waals surface area contributed by atoms with Crippen molar-refractivity contribution < 1.29 is 4.79 Å². The number of nitrogen functional groups attached to an aromatic ring is 1. The highest BCUT2D eigenvalue weighted by molar-refractivity contribution is 6.16. The first kappa shape index (κ1) is 20.6. The van der Waals surface area contributed by atoms with Crippen LogP contribution in [0.15, 0.2) is 84.1 Å². The van der Waals surface area contributed by atoms with Crippen LogP contribution in [0.1, 0.15) is 21.5 Å². The minimum absolute atomic E-state index is 0.163. The van der Waals surface area contributed by atoms with Crippen molar-refractivity contribution in [3.8, 4) is 0 Å². The molecule has 0 unspecified atom stereocenters. The maximum Gasteiger partial charge on any atom is 0.261 e. The first-order valence-corrected chi connectivity index (χ1v) is 11.1. The molecule has 0 radical (unpaired) electrons. The van der Waals surface area contributed by atoms with E-state index < -0.39 is 0 Å². The summed E-state index contributed by atoms with van der Waals surface area (Å²) in [4.78, 5) is 26.1. The normalized spacial score (nSPS) is 11.7. The van der Waals surface area contributed by atoms with Crippen LogP contribution < -0.4 is 11.1 Å². The zero-order valence-corrected chi connectivity index (χ0v) is 18.9. The quantitative estimate of drug-likeness (QED) is 0.319. The summed E-state index contributed by atoms with van der Waals surface area (Å²) in [5.74, 6) is -0.210. The lowest BCUT2D eigenvalue weighted by Gasteiger charge is -2.06. The second-order valence-electron chi connectivity index (χ2n) is 8.31. The molecule has 0 aliphatic rings. The molecule has 1 amide bonds. The van der Waals surface area contributed by atoms with Crippen LogP contribution in [0.5, 0.6) is 0 Å². The molecule has 35 heavy (non-hydrogen) atoms. The molecule has 6 rings (SSSR count). The number of hydrogen-bond donors (Lipinski definition) is 3. The Bertz CT molecular complexity index is 1760. The number of amides is 1. The van der Waals surface area contributed by atoms with Gasteiger partial charge in [0.15, 0.2) is 5.65 Å². The molecule has 8 heteroatoms. The minimum atomic E-state index is -0.373. The van der Waals surface area contributed by atoms with E-state index in [9.17, 15) is 4.79 Å². The van der Waals surface area contributed by atoms with E-state index >= 15 is 0 Å². The predicted octanol–water partition coefficient (Wildman–Crippen LogP) is 5.09. The van der Waals surface area contributed by atoms with Crippen molar-refractivity contribution >= 4 is 56.7 Å². The molecular formula is C27H21N7O. The molecular weight excluding hydrogens is 438 g/mol. The number of anilines is 2. The standard InChI is InChI=1S/C27H21N7O/c1-16-10-12-18(13-11-16)31-27(35)23-24-26(33-22-9-5-4-8-21(22)32-24)34(25(23)28)30-15-17-14-29-20-7-3-2-6-19(17)20/h2-15,29H,28H2,1H3,(H,31,35)/b30-15+. The first-order chi connectivity index (χ1) is 17.1. The third-order valence-electron chi connectivity index (χ3n) is 5.94. The van der Waals surface area contributed by atoms with Gasteiger partial charge in [-0.3, -0.25) is 4.79 Å². The van der Waals surface area contributed by atoms with Gasteiger partial charge in [-0.15, -0.1) is 0 Å². The van der Waals surface area contributed by atoms with Gasteiger partial charge in [-0.05, 0) is 37.3 Å². The Morgan fingerprint density at radius 2 is 1.71 bits per heavy atom. The molecule has 0 aliphatic carbocycles. The number of aryl methyl sites for hydroxylation is 1. The van der Waals surface area contributed by atoms with E-state index in [2.05, 4.69) is 15.4 Å². The molecule has 0 spiro atoms. The van der Waals surface area contributed by atoms with Crippen LogP contribution in [-0.2, 0) is 0 Å². The number of benzene rings is 3. The highest BCUT2D eigenvalue weighted by atomic mass is 16.1. The number of carbonyl (C=O) groups excluding carboxylic acids is 1. The average Bonchev–Trinajstić information content (AvgIpc) is 3.40. The van der Waals surface area contributed by atoms with Crippen molar-refractivity contribution in [1.82, 2.24) is 19.6 Å². The van der Waals surface area contributed by atoms with Gasteiger partial charge in [0, 0.05) is 28.4 Å². The van der Waals surface area contributed by atoms with E-state index in [0.717, 1.165) is 22.0 Å². The molecule has 0 bridgehead atoms. The van der Waals surface area contributed by atoms with Gasteiger partial charge in [0.1, 0.15) is 16.9 Å². The highest BCUT2D eigenvalue weighted by Gasteiger charge is 2.24. The van der Waals surface area contributed by atoms with Gasteiger partial charge in [-0.1, -0.05) is 48.0 Å². The zero-order chi connectivity index (χ0) is 23.9. The SMILES string of the molecule is Cc1ccc(NC(=O)c2c(N)n(/N=C/c3c[nH]c4ccccc34)c3nc4ccccc4nc23)cc1. The Labute approximate surface area is 200 Å². The zero-order valence-electron chi connectivity index (χ0n) is 18.9. The van der Waals surface area contributed by atoms with Crippen LogP contribution in [0.3, 0.4) is 0 Å². The fraction of sp³-hybridized carbons (Fsp3) is 0.0370. The molecule has 0 saturated carbocycles. The number of hydrogen-bond acceptors (Lipinski definition) is 5. The van der Waals surface area contributed by atoms with Crippen molar-refractivity contribution in [1.29, 1.82) is 0 Å². The van der Waals surface area contributed by atoms with Crippen molar-refractivity contribution in [3.63, 3.8) is 0 Å². The van der Waals surface area contributed by atoms with Crippen molar-refractivity contribution in [2.45, 2.75) is 6.92 Å². The number of para-hydroxylation sites is 3. The Balaban J connectivity index is 1.50. The number of nitrogens with one attached hydrogen (secondary N) is 2. The Hall–Kier alpha value is -4.98. The second-order valence-corrected chi connectivity index (χ2v) is 8.31. The topological polar surface area (TPSA) is 114 Å². The molecule has 0 fully saturated rings. The number of aromatic nitrogens is 4. The van der Waals surface area contributed by atoms with Crippen molar-refractivity contribution in [3.05, 3.63) is 95.7 Å². The summed E-state index contributed by atoms with van der Waals surface area (Å²) in [7, 11) is 0. The van der Waals surface area contributed by atoms with E-state index in [4.69, 9.17) is 15.7 Å². The highest BCUT2D eigenvalue weighted by Crippen LogP contribution is 2.29. The molecule has 0 atom stereocenters. The summed E-state index contributed by atoms with van der Waals surface area (Å²) in [5, 5.41) is 8.56. The monoisotopic (exact) mass is 459 g/mol. The Kier molecular flexibility index (Phi) is 4.77. The summed E-state index contributed by atoms with van der Waals surface area (Å²) >= 11 is 0. The molecule has 6 aromatic rings. The molecule has 4 N–H and O–H groups in total. The third-order valence-corrected chi connectivity index (χ3v) is 5.94. The lowest BCUT2D eigenvalue weighted by atomic mass is 10.2. The number of fused-ring (bicyclic) bond motifs is 3. The summed E-state index contributed by atoms with van der Waals surface area (Å²) in [6.45, 7) is 1.99. The molecule has 170 valence electrons. The third kappa shape index (κ3) is 3.57. The predicted molar refractivity (Wildman–Crippen MR) is 140 cm³/mol. The first-order valence-electron chi connectivity index (χ1n) is 11.1. The van der Waals surface area contributed by atoms with E-state index in [-0.39, 0.29) is 17.3 Å². The van der Waals surface area contributed by atoms with Crippen LogP contribution in [-0.4, -0.2) is 31.7 Å². The summed E-state index contributed by atoms with van der Waals surface area (Å²) < 4.78 is 1.47. The van der Waals surface area contributed by atoms with E-state index in [1.165, 1.54) is 4.68 Å². The Morgan fingerprint density at radius 1 is 1.00 bits per heavy atom. The minimum Gasteiger partial charge on any atom is -0.383 e. The summed E-state index contributed by atoms with van der Waals surface area (Å²) in [6, 6.07) is 23.0. The van der Waals surface area contributed by atoms with Crippen LogP contribution in [0.25, 0.3) is 33.1 Å². The van der Waals surface area contributed by atoms with Gasteiger partial charge in [0.25, 0.3) is 5.91 Å². The summed E-state index contributed by atoms with van der Waals surface area (Å²) in [6.07, 6.45) is 3.58.